The molecule has 0 radical (unpaired) electrons. The number of alkyl halides is 9. The molecule has 2 unspecified atom stereocenters. The fourth-order valence-electron chi connectivity index (χ4n) is 4.82. The molecule has 3 nitrogen and oxygen atoms in total. The van der Waals surface area contributed by atoms with Gasteiger partial charge in [0.1, 0.15) is 0 Å². The summed E-state index contributed by atoms with van der Waals surface area (Å²) in [5, 5.41) is 9.17. The average molecular weight is 553 g/mol. The van der Waals surface area contributed by atoms with Gasteiger partial charge in [-0.1, -0.05) is 31.1 Å². The van der Waals surface area contributed by atoms with Crippen molar-refractivity contribution in [2.45, 2.75) is 63.2 Å². The van der Waals surface area contributed by atoms with Gasteiger partial charge < -0.3 is 5.11 Å². The number of carbonyl (C=O) groups is 1. The fourth-order valence-corrected chi connectivity index (χ4v) is 4.82. The van der Waals surface area contributed by atoms with Crippen LogP contribution in [0.15, 0.2) is 54.1 Å². The molecule has 2 aromatic rings. The Balaban J connectivity index is 2.17. The molecule has 1 aliphatic heterocycles. The van der Waals surface area contributed by atoms with Crippen LogP contribution in [0.25, 0.3) is 0 Å². The second-order valence-electron chi connectivity index (χ2n) is 9.07. The van der Waals surface area contributed by atoms with Gasteiger partial charge in [0.25, 0.3) is 0 Å². The second kappa shape index (κ2) is 11.0. The lowest BCUT2D eigenvalue weighted by molar-refractivity contribution is -0.142. The van der Waals surface area contributed by atoms with E-state index in [9.17, 15) is 49.4 Å². The molecule has 0 aliphatic carbocycles. The summed E-state index contributed by atoms with van der Waals surface area (Å²) in [5.74, 6) is -1.26. The number of hydrogen-bond donors (Lipinski definition) is 1. The maximum absolute atomic E-state index is 13.9. The number of rotatable bonds is 6. The van der Waals surface area contributed by atoms with Gasteiger partial charge in [-0.05, 0) is 60.7 Å². The number of halogens is 9. The minimum Gasteiger partial charge on any atom is -0.478 e. The topological polar surface area (TPSA) is 40.5 Å². The highest BCUT2D eigenvalue weighted by atomic mass is 19.4. The SMILES string of the molecule is CCCC(c1cc(C(F)(F)F)ccc1C(F)(F)F)N1CCC(=CC(=O)O)CC1c1ccc(C(F)(F)F)cc1. The molecular weight excluding hydrogens is 529 g/mol. The molecule has 2 atom stereocenters. The summed E-state index contributed by atoms with van der Waals surface area (Å²) in [5.41, 5.74) is -3.34. The third kappa shape index (κ3) is 6.89. The molecule has 0 amide bonds. The first-order valence-corrected chi connectivity index (χ1v) is 11.7. The quantitative estimate of drug-likeness (QED) is 0.288. The van der Waals surface area contributed by atoms with E-state index in [4.69, 9.17) is 0 Å². The van der Waals surface area contributed by atoms with Gasteiger partial charge in [-0.2, -0.15) is 39.5 Å². The summed E-state index contributed by atoms with van der Waals surface area (Å²) in [7, 11) is 0. The predicted octanol–water partition coefficient (Wildman–Crippen LogP) is 8.43. The molecule has 1 N–H and O–H groups in total. The Bertz CT molecular complexity index is 1170. The number of aliphatic carboxylic acids is 1. The van der Waals surface area contributed by atoms with E-state index in [1.807, 2.05) is 0 Å². The van der Waals surface area contributed by atoms with Crippen molar-refractivity contribution in [3.05, 3.63) is 81.9 Å². The van der Waals surface area contributed by atoms with Gasteiger partial charge in [0.2, 0.25) is 0 Å². The Labute approximate surface area is 212 Å². The molecular formula is C26H24F9NO2. The van der Waals surface area contributed by atoms with Crippen molar-refractivity contribution in [1.29, 1.82) is 0 Å². The number of likely N-dealkylation sites (tertiary alicyclic amines) is 1. The van der Waals surface area contributed by atoms with Crippen molar-refractivity contribution in [1.82, 2.24) is 4.90 Å². The van der Waals surface area contributed by atoms with Crippen LogP contribution in [0.4, 0.5) is 39.5 Å². The standard InChI is InChI=1S/C26H24F9NO2/c1-2-3-21(19-14-18(25(30,31)32)8-9-20(19)26(33,34)35)36-11-10-15(13-23(37)38)12-22(36)16-4-6-17(7-5-16)24(27,28)29/h4-9,13-14,21-22H,2-3,10-12H2,1H3,(H,37,38). The first-order valence-electron chi connectivity index (χ1n) is 11.7. The first kappa shape index (κ1) is 29.5. The van der Waals surface area contributed by atoms with Crippen molar-refractivity contribution in [2.75, 3.05) is 6.54 Å². The summed E-state index contributed by atoms with van der Waals surface area (Å²) < 4.78 is 122. The number of carboxylic acid groups (broad SMARTS) is 1. The van der Waals surface area contributed by atoms with E-state index in [0.717, 1.165) is 30.3 Å². The Morgan fingerprint density at radius 1 is 0.947 bits per heavy atom. The molecule has 0 saturated carbocycles. The van der Waals surface area contributed by atoms with E-state index in [1.165, 1.54) is 4.90 Å². The van der Waals surface area contributed by atoms with Gasteiger partial charge in [0.05, 0.1) is 16.7 Å². The number of nitrogens with zero attached hydrogens (tertiary/aromatic N) is 1. The molecule has 0 spiro atoms. The summed E-state index contributed by atoms with van der Waals surface area (Å²) in [4.78, 5) is 12.8. The Kier molecular flexibility index (Phi) is 8.55. The smallest absolute Gasteiger partial charge is 0.416 e. The average Bonchev–Trinajstić information content (AvgIpc) is 2.80. The van der Waals surface area contributed by atoms with Gasteiger partial charge in [-0.3, -0.25) is 4.90 Å². The second-order valence-corrected chi connectivity index (χ2v) is 9.07. The zero-order valence-corrected chi connectivity index (χ0v) is 20.0. The summed E-state index contributed by atoms with van der Waals surface area (Å²) in [6.07, 6.45) is -13.1. The lowest BCUT2D eigenvalue weighted by Crippen LogP contribution is -2.38. The lowest BCUT2D eigenvalue weighted by Gasteiger charge is -2.43. The molecule has 1 aliphatic rings. The lowest BCUT2D eigenvalue weighted by atomic mass is 9.85. The maximum atomic E-state index is 13.9. The van der Waals surface area contributed by atoms with E-state index < -0.39 is 58.8 Å². The molecule has 0 bridgehead atoms. The summed E-state index contributed by atoms with van der Waals surface area (Å²) in [6, 6.07) is 3.14. The summed E-state index contributed by atoms with van der Waals surface area (Å²) >= 11 is 0. The van der Waals surface area contributed by atoms with Gasteiger partial charge in [0, 0.05) is 24.7 Å². The highest BCUT2D eigenvalue weighted by Crippen LogP contribution is 2.46. The van der Waals surface area contributed by atoms with E-state index in [2.05, 4.69) is 0 Å². The molecule has 3 rings (SSSR count). The molecule has 2 aromatic carbocycles. The van der Waals surface area contributed by atoms with E-state index in [0.29, 0.717) is 30.2 Å². The Morgan fingerprint density at radius 2 is 1.53 bits per heavy atom. The molecule has 1 fully saturated rings. The zero-order valence-electron chi connectivity index (χ0n) is 20.0. The van der Waals surface area contributed by atoms with Crippen LogP contribution in [-0.2, 0) is 23.3 Å². The maximum Gasteiger partial charge on any atom is 0.416 e. The molecule has 1 saturated heterocycles. The molecule has 1 heterocycles. The minimum absolute atomic E-state index is 0.0109. The number of hydrogen-bond acceptors (Lipinski definition) is 2. The fraction of sp³-hybridized carbons (Fsp3) is 0.423. The van der Waals surface area contributed by atoms with Crippen molar-refractivity contribution in [3.63, 3.8) is 0 Å². The number of piperidine rings is 1. The van der Waals surface area contributed by atoms with Crippen molar-refractivity contribution in [3.8, 4) is 0 Å². The van der Waals surface area contributed by atoms with Crippen LogP contribution >= 0.6 is 0 Å². The van der Waals surface area contributed by atoms with Crippen molar-refractivity contribution in [2.24, 2.45) is 0 Å². The number of carboxylic acids is 1. The van der Waals surface area contributed by atoms with E-state index >= 15 is 0 Å². The highest BCUT2D eigenvalue weighted by Gasteiger charge is 2.41. The third-order valence-electron chi connectivity index (χ3n) is 6.50. The van der Waals surface area contributed by atoms with Crippen molar-refractivity contribution < 1.29 is 49.4 Å². The highest BCUT2D eigenvalue weighted by molar-refractivity contribution is 5.80. The van der Waals surface area contributed by atoms with Crippen LogP contribution in [0.2, 0.25) is 0 Å². The molecule has 38 heavy (non-hydrogen) atoms. The Hall–Kier alpha value is -3.02. The largest absolute Gasteiger partial charge is 0.478 e. The van der Waals surface area contributed by atoms with Crippen molar-refractivity contribution >= 4 is 5.97 Å². The van der Waals surface area contributed by atoms with Crippen LogP contribution < -0.4 is 0 Å². The van der Waals surface area contributed by atoms with Crippen LogP contribution in [0.5, 0.6) is 0 Å². The van der Waals surface area contributed by atoms with Crippen LogP contribution in [-0.4, -0.2) is 22.5 Å². The zero-order chi connectivity index (χ0) is 28.5. The van der Waals surface area contributed by atoms with E-state index in [-0.39, 0.29) is 31.4 Å². The van der Waals surface area contributed by atoms with Gasteiger partial charge in [-0.15, -0.1) is 0 Å². The molecule has 208 valence electrons. The van der Waals surface area contributed by atoms with E-state index in [1.54, 1.807) is 6.92 Å². The van der Waals surface area contributed by atoms with Gasteiger partial charge in [0.15, 0.2) is 0 Å². The molecule has 0 aromatic heterocycles. The van der Waals surface area contributed by atoms with Crippen LogP contribution in [0.1, 0.15) is 72.5 Å². The number of benzene rings is 2. The summed E-state index contributed by atoms with van der Waals surface area (Å²) in [6.45, 7) is 1.64. The van der Waals surface area contributed by atoms with Crippen LogP contribution in [0, 0.1) is 0 Å². The minimum atomic E-state index is -4.96. The normalized spacial score (nSPS) is 19.5. The third-order valence-corrected chi connectivity index (χ3v) is 6.50. The molecule has 12 heteroatoms. The monoisotopic (exact) mass is 553 g/mol. The first-order chi connectivity index (χ1) is 17.5. The predicted molar refractivity (Wildman–Crippen MR) is 120 cm³/mol. The van der Waals surface area contributed by atoms with Gasteiger partial charge in [-0.25, -0.2) is 4.79 Å². The Morgan fingerprint density at radius 3 is 2.03 bits per heavy atom. The van der Waals surface area contributed by atoms with Crippen LogP contribution in [0.3, 0.4) is 0 Å². The van der Waals surface area contributed by atoms with Gasteiger partial charge >= 0.3 is 24.5 Å².